The topological polar surface area (TPSA) is 52.7 Å². The van der Waals surface area contributed by atoms with Crippen molar-refractivity contribution in [3.05, 3.63) is 64.7 Å². The van der Waals surface area contributed by atoms with Crippen LogP contribution in [0.1, 0.15) is 33.5 Å². The fraction of sp³-hybridized carbons (Fsp3) is 0.440. The number of nitrogens with zero attached hydrogens (tertiary/aromatic N) is 2. The monoisotopic (exact) mass is 405 g/mol. The predicted octanol–water partition coefficient (Wildman–Crippen LogP) is 3.12. The minimum atomic E-state index is -0.254. The van der Waals surface area contributed by atoms with E-state index in [1.165, 1.54) is 16.8 Å². The fourth-order valence-electron chi connectivity index (χ4n) is 4.74. The third kappa shape index (κ3) is 4.12. The second-order valence-electron chi connectivity index (χ2n) is 8.67. The van der Waals surface area contributed by atoms with Crippen LogP contribution in [0.3, 0.4) is 0 Å². The Morgan fingerprint density at radius 2 is 1.67 bits per heavy atom. The van der Waals surface area contributed by atoms with Crippen LogP contribution in [0.25, 0.3) is 0 Å². The maximum absolute atomic E-state index is 13.1. The number of benzene rings is 2. The highest BCUT2D eigenvalue weighted by Gasteiger charge is 2.37. The summed E-state index contributed by atoms with van der Waals surface area (Å²) in [6, 6.07) is 14.0. The molecular formula is C25H31N3O2. The summed E-state index contributed by atoms with van der Waals surface area (Å²) in [6.45, 7) is 9.93. The maximum atomic E-state index is 13.1. The van der Waals surface area contributed by atoms with E-state index in [2.05, 4.69) is 42.3 Å². The average Bonchev–Trinajstić information content (AvgIpc) is 3.24. The van der Waals surface area contributed by atoms with Gasteiger partial charge in [0.05, 0.1) is 6.04 Å². The molecule has 5 nitrogen and oxygen atoms in total. The molecular weight excluding hydrogens is 374 g/mol. The van der Waals surface area contributed by atoms with Gasteiger partial charge in [0.1, 0.15) is 0 Å². The van der Waals surface area contributed by atoms with Crippen LogP contribution in [0.5, 0.6) is 0 Å². The highest BCUT2D eigenvalue weighted by molar-refractivity contribution is 6.00. The van der Waals surface area contributed by atoms with Crippen LogP contribution in [0.4, 0.5) is 5.69 Å². The molecule has 2 aliphatic heterocycles. The Kier molecular flexibility index (Phi) is 5.91. The molecule has 2 unspecified atom stereocenters. The molecule has 2 saturated heterocycles. The summed E-state index contributed by atoms with van der Waals surface area (Å²) in [6.07, 6.45) is 0.587. The van der Waals surface area contributed by atoms with Crippen molar-refractivity contribution in [3.63, 3.8) is 0 Å². The number of hydrogen-bond acceptors (Lipinski definition) is 4. The van der Waals surface area contributed by atoms with Crippen LogP contribution in [-0.4, -0.2) is 55.4 Å². The molecule has 0 aliphatic carbocycles. The highest BCUT2D eigenvalue weighted by atomic mass is 16.2. The zero-order chi connectivity index (χ0) is 21.3. The van der Waals surface area contributed by atoms with Crippen molar-refractivity contribution in [1.82, 2.24) is 10.2 Å². The Morgan fingerprint density at radius 1 is 0.933 bits per heavy atom. The Labute approximate surface area is 179 Å². The molecule has 0 bridgehead atoms. The van der Waals surface area contributed by atoms with Gasteiger partial charge in [0.2, 0.25) is 5.91 Å². The molecule has 1 amide bonds. The lowest BCUT2D eigenvalue weighted by Gasteiger charge is -2.37. The van der Waals surface area contributed by atoms with Crippen LogP contribution < -0.4 is 10.2 Å². The summed E-state index contributed by atoms with van der Waals surface area (Å²) >= 11 is 0. The largest absolute Gasteiger partial charge is 0.368 e. The number of carbonyl (C=O) groups is 2. The van der Waals surface area contributed by atoms with Gasteiger partial charge in [-0.1, -0.05) is 42.0 Å². The summed E-state index contributed by atoms with van der Waals surface area (Å²) in [4.78, 5) is 30.3. The summed E-state index contributed by atoms with van der Waals surface area (Å²) in [7, 11) is 0. The zero-order valence-corrected chi connectivity index (χ0v) is 18.1. The third-order valence-corrected chi connectivity index (χ3v) is 6.49. The molecule has 5 heteroatoms. The Bertz CT molecular complexity index is 947. The number of hydrogen-bond donors (Lipinski definition) is 1. The van der Waals surface area contributed by atoms with E-state index in [1.807, 2.05) is 36.1 Å². The van der Waals surface area contributed by atoms with Crippen LogP contribution in [0, 0.1) is 26.7 Å². The molecule has 2 aliphatic rings. The van der Waals surface area contributed by atoms with E-state index in [0.29, 0.717) is 13.0 Å². The van der Waals surface area contributed by atoms with E-state index in [0.717, 1.165) is 37.3 Å². The Hall–Kier alpha value is -2.66. The third-order valence-electron chi connectivity index (χ3n) is 6.49. The second-order valence-corrected chi connectivity index (χ2v) is 8.67. The molecule has 2 fully saturated rings. The van der Waals surface area contributed by atoms with Crippen LogP contribution in [0.2, 0.25) is 0 Å². The van der Waals surface area contributed by atoms with E-state index >= 15 is 0 Å². The number of nitrogens with one attached hydrogen (secondary N) is 1. The number of aryl methyl sites for hydroxylation is 3. The van der Waals surface area contributed by atoms with Gasteiger partial charge in [-0.2, -0.15) is 0 Å². The summed E-state index contributed by atoms with van der Waals surface area (Å²) in [5.74, 6) is 0.155. The summed E-state index contributed by atoms with van der Waals surface area (Å²) in [5, 5.41) is 3.31. The van der Waals surface area contributed by atoms with E-state index in [9.17, 15) is 9.59 Å². The van der Waals surface area contributed by atoms with Gasteiger partial charge in [0, 0.05) is 49.9 Å². The predicted molar refractivity (Wildman–Crippen MR) is 120 cm³/mol. The first-order valence-electron chi connectivity index (χ1n) is 10.9. The SMILES string of the molecule is Cc1ccc(N2CCN(C(=O)C3CC(C(=O)c4ccccc4C)CN3)CC2)c(C)c1. The van der Waals surface area contributed by atoms with Crippen molar-refractivity contribution in [2.24, 2.45) is 5.92 Å². The normalized spacial score (nSPS) is 21.7. The molecule has 0 radical (unpaired) electrons. The van der Waals surface area contributed by atoms with Gasteiger partial charge in [0.15, 0.2) is 5.78 Å². The van der Waals surface area contributed by atoms with E-state index in [-0.39, 0.29) is 23.7 Å². The molecule has 0 saturated carbocycles. The molecule has 2 aromatic carbocycles. The minimum Gasteiger partial charge on any atom is -0.368 e. The number of amides is 1. The molecule has 4 rings (SSSR count). The quantitative estimate of drug-likeness (QED) is 0.794. The molecule has 1 N–H and O–H groups in total. The fourth-order valence-corrected chi connectivity index (χ4v) is 4.74. The van der Waals surface area contributed by atoms with Crippen molar-refractivity contribution in [1.29, 1.82) is 0 Å². The summed E-state index contributed by atoms with van der Waals surface area (Å²) in [5.41, 5.74) is 5.59. The van der Waals surface area contributed by atoms with Crippen molar-refractivity contribution in [3.8, 4) is 0 Å². The van der Waals surface area contributed by atoms with Gasteiger partial charge in [-0.25, -0.2) is 0 Å². The Balaban J connectivity index is 1.34. The van der Waals surface area contributed by atoms with Gasteiger partial charge in [-0.3, -0.25) is 9.59 Å². The number of carbonyl (C=O) groups excluding carboxylic acids is 2. The Morgan fingerprint density at radius 3 is 2.37 bits per heavy atom. The van der Waals surface area contributed by atoms with Gasteiger partial charge < -0.3 is 15.1 Å². The second kappa shape index (κ2) is 8.60. The van der Waals surface area contributed by atoms with Crippen LogP contribution in [0.15, 0.2) is 42.5 Å². The summed E-state index contributed by atoms with van der Waals surface area (Å²) < 4.78 is 0. The van der Waals surface area contributed by atoms with E-state index in [4.69, 9.17) is 0 Å². The molecule has 2 aromatic rings. The average molecular weight is 406 g/mol. The molecule has 0 spiro atoms. The van der Waals surface area contributed by atoms with Gasteiger partial charge in [0.25, 0.3) is 0 Å². The standard InChI is InChI=1S/C25H31N3O2/c1-17-8-9-23(19(3)14-17)27-10-12-28(13-11-27)25(30)22-15-20(16-26-22)24(29)21-7-5-4-6-18(21)2/h4-9,14,20,22,26H,10-13,15-16H2,1-3H3. The molecule has 2 heterocycles. The number of Topliss-reactive ketones (excluding diaryl/α,β-unsaturated/α-hetero) is 1. The highest BCUT2D eigenvalue weighted by Crippen LogP contribution is 2.25. The van der Waals surface area contributed by atoms with Crippen LogP contribution >= 0.6 is 0 Å². The van der Waals surface area contributed by atoms with Crippen molar-refractivity contribution >= 4 is 17.4 Å². The maximum Gasteiger partial charge on any atom is 0.239 e. The molecule has 0 aromatic heterocycles. The lowest BCUT2D eigenvalue weighted by atomic mass is 9.92. The van der Waals surface area contributed by atoms with Gasteiger partial charge >= 0.3 is 0 Å². The lowest BCUT2D eigenvalue weighted by molar-refractivity contribution is -0.133. The number of piperazine rings is 1. The molecule has 158 valence electrons. The van der Waals surface area contributed by atoms with E-state index in [1.54, 1.807) is 0 Å². The van der Waals surface area contributed by atoms with Gasteiger partial charge in [-0.15, -0.1) is 0 Å². The van der Waals surface area contributed by atoms with Crippen molar-refractivity contribution in [2.45, 2.75) is 33.2 Å². The van der Waals surface area contributed by atoms with Crippen molar-refractivity contribution < 1.29 is 9.59 Å². The van der Waals surface area contributed by atoms with E-state index < -0.39 is 0 Å². The first-order valence-corrected chi connectivity index (χ1v) is 10.9. The first-order chi connectivity index (χ1) is 14.4. The first kappa shape index (κ1) is 20.6. The number of anilines is 1. The molecule has 30 heavy (non-hydrogen) atoms. The van der Waals surface area contributed by atoms with Crippen LogP contribution in [-0.2, 0) is 4.79 Å². The number of rotatable bonds is 4. The molecule has 2 atom stereocenters. The smallest absolute Gasteiger partial charge is 0.239 e. The van der Waals surface area contributed by atoms with Crippen molar-refractivity contribution in [2.75, 3.05) is 37.6 Å². The van der Waals surface area contributed by atoms with Gasteiger partial charge in [-0.05, 0) is 44.4 Å². The lowest BCUT2D eigenvalue weighted by Crippen LogP contribution is -2.53. The zero-order valence-electron chi connectivity index (χ0n) is 18.1. The number of ketones is 1. The minimum absolute atomic E-state index is 0.128.